The van der Waals surface area contributed by atoms with Crippen LogP contribution in [0.4, 0.5) is 4.39 Å². The molecule has 1 aromatic heterocycles. The van der Waals surface area contributed by atoms with E-state index in [1.165, 1.54) is 10.3 Å². The Hall–Kier alpha value is -1.78. The smallest absolute Gasteiger partial charge is 0.123 e. The minimum absolute atomic E-state index is 0.163. The Labute approximate surface area is 120 Å². The third-order valence-electron chi connectivity index (χ3n) is 3.74. The second-order valence-electron chi connectivity index (χ2n) is 5.07. The van der Waals surface area contributed by atoms with Gasteiger partial charge in [0, 0.05) is 6.54 Å². The fourth-order valence-electron chi connectivity index (χ4n) is 2.70. The zero-order chi connectivity index (χ0) is 13.5. The van der Waals surface area contributed by atoms with Crippen LogP contribution in [0, 0.1) is 5.82 Å². The van der Waals surface area contributed by atoms with Crippen LogP contribution in [0.15, 0.2) is 42.5 Å². The number of para-hydroxylation sites is 1. The highest BCUT2D eigenvalue weighted by atomic mass is 32.1. The number of rotatable bonds is 1. The predicted molar refractivity (Wildman–Crippen MR) is 79.3 cm³/mol. The number of fused-ring (bicyclic) bond motifs is 2. The molecular formula is C16H13FN2S. The molecule has 0 saturated carbocycles. The molecule has 20 heavy (non-hydrogen) atoms. The van der Waals surface area contributed by atoms with Crippen LogP contribution in [-0.2, 0) is 13.0 Å². The minimum atomic E-state index is -0.163. The Balaban J connectivity index is 1.69. The summed E-state index contributed by atoms with van der Waals surface area (Å²) in [6, 6.07) is 13.5. The monoisotopic (exact) mass is 284 g/mol. The van der Waals surface area contributed by atoms with E-state index in [4.69, 9.17) is 4.98 Å². The lowest BCUT2D eigenvalue weighted by Gasteiger charge is -2.24. The SMILES string of the molecule is Fc1ccc2c(c1)CNC(c1nc3ccccc3s1)C2. The van der Waals surface area contributed by atoms with E-state index in [1.807, 2.05) is 24.3 Å². The molecule has 100 valence electrons. The molecular weight excluding hydrogens is 271 g/mol. The zero-order valence-electron chi connectivity index (χ0n) is 10.8. The van der Waals surface area contributed by atoms with Crippen LogP contribution >= 0.6 is 11.3 Å². The standard InChI is InChI=1S/C16H13FN2S/c17-12-6-5-10-8-14(18-9-11(10)7-12)16-19-13-3-1-2-4-15(13)20-16/h1-7,14,18H,8-9H2. The summed E-state index contributed by atoms with van der Waals surface area (Å²) < 4.78 is 14.4. The van der Waals surface area contributed by atoms with Gasteiger partial charge >= 0.3 is 0 Å². The molecule has 4 heteroatoms. The van der Waals surface area contributed by atoms with E-state index >= 15 is 0 Å². The highest BCUT2D eigenvalue weighted by Gasteiger charge is 2.22. The van der Waals surface area contributed by atoms with E-state index in [2.05, 4.69) is 11.4 Å². The zero-order valence-corrected chi connectivity index (χ0v) is 11.6. The Bertz CT molecular complexity index is 748. The average Bonchev–Trinajstić information content (AvgIpc) is 2.90. The molecule has 0 amide bonds. The summed E-state index contributed by atoms with van der Waals surface area (Å²) in [5, 5.41) is 4.57. The molecule has 1 atom stereocenters. The summed E-state index contributed by atoms with van der Waals surface area (Å²) in [6.45, 7) is 0.702. The number of thiazole rings is 1. The quantitative estimate of drug-likeness (QED) is 0.734. The van der Waals surface area contributed by atoms with Gasteiger partial charge in [-0.2, -0.15) is 0 Å². The van der Waals surface area contributed by atoms with Gasteiger partial charge < -0.3 is 5.32 Å². The lowest BCUT2D eigenvalue weighted by atomic mass is 9.96. The number of nitrogens with one attached hydrogen (secondary N) is 1. The Morgan fingerprint density at radius 3 is 2.95 bits per heavy atom. The Morgan fingerprint density at radius 2 is 2.05 bits per heavy atom. The normalized spacial score (nSPS) is 18.1. The number of nitrogens with zero attached hydrogens (tertiary/aromatic N) is 1. The number of hydrogen-bond donors (Lipinski definition) is 1. The van der Waals surface area contributed by atoms with Crippen LogP contribution in [0.3, 0.4) is 0 Å². The van der Waals surface area contributed by atoms with E-state index in [0.29, 0.717) is 6.54 Å². The lowest BCUT2D eigenvalue weighted by molar-refractivity contribution is 0.494. The van der Waals surface area contributed by atoms with Gasteiger partial charge in [0.25, 0.3) is 0 Å². The molecule has 0 aliphatic carbocycles. The predicted octanol–water partition coefficient (Wildman–Crippen LogP) is 3.82. The van der Waals surface area contributed by atoms with Gasteiger partial charge in [-0.25, -0.2) is 9.37 Å². The molecule has 1 aliphatic rings. The number of aromatic nitrogens is 1. The molecule has 0 spiro atoms. The van der Waals surface area contributed by atoms with Crippen LogP contribution in [0.25, 0.3) is 10.2 Å². The van der Waals surface area contributed by atoms with E-state index in [1.54, 1.807) is 23.5 Å². The molecule has 3 aromatic rings. The number of hydrogen-bond acceptors (Lipinski definition) is 3. The van der Waals surface area contributed by atoms with Gasteiger partial charge in [0.15, 0.2) is 0 Å². The van der Waals surface area contributed by atoms with Crippen LogP contribution in [0.2, 0.25) is 0 Å². The van der Waals surface area contributed by atoms with Gasteiger partial charge in [0.2, 0.25) is 0 Å². The summed E-state index contributed by atoms with van der Waals surface area (Å²) in [5.41, 5.74) is 3.33. The van der Waals surface area contributed by atoms with Crippen molar-refractivity contribution in [3.8, 4) is 0 Å². The molecule has 0 fully saturated rings. The maximum absolute atomic E-state index is 13.2. The van der Waals surface area contributed by atoms with Crippen molar-refractivity contribution in [2.75, 3.05) is 0 Å². The van der Waals surface area contributed by atoms with Crippen molar-refractivity contribution in [3.05, 3.63) is 64.4 Å². The van der Waals surface area contributed by atoms with Crippen LogP contribution < -0.4 is 5.32 Å². The maximum atomic E-state index is 13.2. The summed E-state index contributed by atoms with van der Waals surface area (Å²) in [4.78, 5) is 4.71. The van der Waals surface area contributed by atoms with Crippen LogP contribution in [0.5, 0.6) is 0 Å². The van der Waals surface area contributed by atoms with E-state index in [9.17, 15) is 4.39 Å². The van der Waals surface area contributed by atoms with Gasteiger partial charge in [0.05, 0.1) is 16.3 Å². The highest BCUT2D eigenvalue weighted by molar-refractivity contribution is 7.18. The molecule has 0 radical (unpaired) electrons. The van der Waals surface area contributed by atoms with Crippen molar-refractivity contribution >= 4 is 21.6 Å². The highest BCUT2D eigenvalue weighted by Crippen LogP contribution is 2.31. The van der Waals surface area contributed by atoms with E-state index in [-0.39, 0.29) is 11.9 Å². The first-order valence-corrected chi connectivity index (χ1v) is 7.47. The van der Waals surface area contributed by atoms with E-state index < -0.39 is 0 Å². The fourth-order valence-corrected chi connectivity index (χ4v) is 3.74. The molecule has 1 aliphatic heterocycles. The van der Waals surface area contributed by atoms with Gasteiger partial charge in [-0.3, -0.25) is 0 Å². The minimum Gasteiger partial charge on any atom is -0.304 e. The van der Waals surface area contributed by atoms with Crippen LogP contribution in [-0.4, -0.2) is 4.98 Å². The van der Waals surface area contributed by atoms with Crippen molar-refractivity contribution in [1.29, 1.82) is 0 Å². The maximum Gasteiger partial charge on any atom is 0.123 e. The fraction of sp³-hybridized carbons (Fsp3) is 0.188. The second kappa shape index (κ2) is 4.65. The Morgan fingerprint density at radius 1 is 1.15 bits per heavy atom. The summed E-state index contributed by atoms with van der Waals surface area (Å²) >= 11 is 1.73. The number of benzene rings is 2. The van der Waals surface area contributed by atoms with Gasteiger partial charge in [-0.15, -0.1) is 11.3 Å². The second-order valence-corrected chi connectivity index (χ2v) is 6.13. The summed E-state index contributed by atoms with van der Waals surface area (Å²) in [7, 11) is 0. The molecule has 0 saturated heterocycles. The van der Waals surface area contributed by atoms with Gasteiger partial charge in [0.1, 0.15) is 10.8 Å². The van der Waals surface area contributed by atoms with Crippen LogP contribution in [0.1, 0.15) is 22.2 Å². The molecule has 2 heterocycles. The summed E-state index contributed by atoms with van der Waals surface area (Å²) in [5.74, 6) is -0.163. The molecule has 1 N–H and O–H groups in total. The van der Waals surface area contributed by atoms with Crippen molar-refractivity contribution in [1.82, 2.24) is 10.3 Å². The van der Waals surface area contributed by atoms with E-state index in [0.717, 1.165) is 22.5 Å². The van der Waals surface area contributed by atoms with Crippen molar-refractivity contribution in [2.45, 2.75) is 19.0 Å². The number of halogens is 1. The average molecular weight is 284 g/mol. The third kappa shape index (κ3) is 2.01. The summed E-state index contributed by atoms with van der Waals surface area (Å²) in [6.07, 6.45) is 0.870. The third-order valence-corrected chi connectivity index (χ3v) is 4.89. The topological polar surface area (TPSA) is 24.9 Å². The molecule has 1 unspecified atom stereocenters. The molecule has 4 rings (SSSR count). The molecule has 2 nitrogen and oxygen atoms in total. The lowest BCUT2D eigenvalue weighted by Crippen LogP contribution is -2.28. The van der Waals surface area contributed by atoms with Crippen molar-refractivity contribution in [3.63, 3.8) is 0 Å². The molecule has 0 bridgehead atoms. The van der Waals surface area contributed by atoms with Gasteiger partial charge in [-0.1, -0.05) is 18.2 Å². The first-order chi connectivity index (χ1) is 9.79. The van der Waals surface area contributed by atoms with Gasteiger partial charge in [-0.05, 0) is 41.8 Å². The largest absolute Gasteiger partial charge is 0.304 e. The van der Waals surface area contributed by atoms with Crippen molar-refractivity contribution < 1.29 is 4.39 Å². The first kappa shape index (κ1) is 12.0. The molecule has 2 aromatic carbocycles. The Kier molecular flexibility index (Phi) is 2.79. The van der Waals surface area contributed by atoms with Crippen molar-refractivity contribution in [2.24, 2.45) is 0 Å². The first-order valence-electron chi connectivity index (χ1n) is 6.66.